The van der Waals surface area contributed by atoms with Crippen molar-refractivity contribution in [3.63, 3.8) is 0 Å². The summed E-state index contributed by atoms with van der Waals surface area (Å²) in [6.45, 7) is 1.47. The van der Waals surface area contributed by atoms with E-state index in [1.807, 2.05) is 0 Å². The highest BCUT2D eigenvalue weighted by Gasteiger charge is 2.33. The van der Waals surface area contributed by atoms with Crippen molar-refractivity contribution in [2.45, 2.75) is 26.1 Å². The first kappa shape index (κ1) is 13.8. The Labute approximate surface area is 113 Å². The number of esters is 2. The first-order valence-corrected chi connectivity index (χ1v) is 5.82. The van der Waals surface area contributed by atoms with E-state index in [2.05, 4.69) is 0 Å². The van der Waals surface area contributed by atoms with Crippen molar-refractivity contribution >= 4 is 23.3 Å². The Balaban J connectivity index is 2.50. The van der Waals surface area contributed by atoms with Gasteiger partial charge in [-0.3, -0.25) is 19.7 Å². The summed E-state index contributed by atoms with van der Waals surface area (Å²) in [6, 6.07) is 2.75. The minimum atomic E-state index is -1.42. The van der Waals surface area contributed by atoms with E-state index in [0.717, 1.165) is 0 Å². The van der Waals surface area contributed by atoms with Crippen LogP contribution in [0, 0.1) is 17.0 Å². The highest BCUT2D eigenvalue weighted by atomic mass is 16.7. The third-order valence-corrected chi connectivity index (χ3v) is 2.95. The number of ether oxygens (including phenoxy) is 2. The number of anilines is 1. The minimum Gasteiger partial charge on any atom is -0.420 e. The molecule has 1 aliphatic rings. The molecule has 0 unspecified atom stereocenters. The number of rotatable bonds is 2. The van der Waals surface area contributed by atoms with E-state index in [0.29, 0.717) is 0 Å². The molecule has 20 heavy (non-hydrogen) atoms. The molecule has 8 heteroatoms. The highest BCUT2D eigenvalue weighted by Crippen LogP contribution is 2.35. The molecule has 0 aliphatic carbocycles. The number of hydrogen-bond donors (Lipinski definition) is 1. The molecule has 0 aromatic heterocycles. The van der Waals surface area contributed by atoms with Crippen LogP contribution in [-0.2, 0) is 19.1 Å². The zero-order valence-corrected chi connectivity index (χ0v) is 10.6. The smallest absolute Gasteiger partial charge is 0.309 e. The summed E-state index contributed by atoms with van der Waals surface area (Å²) in [7, 11) is 0. The Kier molecular flexibility index (Phi) is 3.55. The standard InChI is InChI=1S/C12H12N2O6/c1-6-8(13)3-2-7(11(6)14(17)18)12-19-9(15)4-5-10(16)20-12/h2-3,12H,4-5,13H2,1H3. The molecule has 1 fully saturated rings. The lowest BCUT2D eigenvalue weighted by Crippen LogP contribution is -2.15. The molecule has 2 rings (SSSR count). The first-order valence-electron chi connectivity index (χ1n) is 5.82. The molecular weight excluding hydrogens is 268 g/mol. The van der Waals surface area contributed by atoms with Crippen LogP contribution in [0.5, 0.6) is 0 Å². The number of nitrogens with zero attached hydrogens (tertiary/aromatic N) is 1. The number of nitro groups is 1. The van der Waals surface area contributed by atoms with Crippen LogP contribution in [0.3, 0.4) is 0 Å². The molecule has 0 amide bonds. The Morgan fingerprint density at radius 1 is 1.25 bits per heavy atom. The van der Waals surface area contributed by atoms with Crippen LogP contribution >= 0.6 is 0 Å². The number of carbonyl (C=O) groups is 2. The van der Waals surface area contributed by atoms with Crippen molar-refractivity contribution in [1.82, 2.24) is 0 Å². The molecular formula is C12H12N2O6. The average molecular weight is 280 g/mol. The fourth-order valence-corrected chi connectivity index (χ4v) is 1.88. The molecule has 1 aliphatic heterocycles. The number of nitrogen functional groups attached to an aromatic ring is 1. The van der Waals surface area contributed by atoms with Crippen molar-refractivity contribution in [3.8, 4) is 0 Å². The van der Waals surface area contributed by atoms with Gasteiger partial charge in [-0.15, -0.1) is 0 Å². The van der Waals surface area contributed by atoms with Crippen LogP contribution in [0.1, 0.15) is 30.3 Å². The zero-order valence-electron chi connectivity index (χ0n) is 10.6. The summed E-state index contributed by atoms with van der Waals surface area (Å²) >= 11 is 0. The second kappa shape index (κ2) is 5.16. The third kappa shape index (κ3) is 2.53. The van der Waals surface area contributed by atoms with Crippen LogP contribution in [0.4, 0.5) is 11.4 Å². The van der Waals surface area contributed by atoms with Gasteiger partial charge in [0.05, 0.1) is 23.3 Å². The summed E-state index contributed by atoms with van der Waals surface area (Å²) < 4.78 is 9.85. The van der Waals surface area contributed by atoms with Gasteiger partial charge >= 0.3 is 11.9 Å². The summed E-state index contributed by atoms with van der Waals surface area (Å²) in [5.74, 6) is -1.30. The van der Waals surface area contributed by atoms with Gasteiger partial charge in [0.1, 0.15) is 5.56 Å². The number of nitro benzene ring substituents is 1. The fourth-order valence-electron chi connectivity index (χ4n) is 1.88. The molecule has 1 aromatic carbocycles. The molecule has 0 atom stereocenters. The van der Waals surface area contributed by atoms with Gasteiger partial charge in [-0.25, -0.2) is 0 Å². The first-order chi connectivity index (χ1) is 9.40. The average Bonchev–Trinajstić information content (AvgIpc) is 2.54. The van der Waals surface area contributed by atoms with Gasteiger partial charge < -0.3 is 15.2 Å². The van der Waals surface area contributed by atoms with Gasteiger partial charge in [0.2, 0.25) is 0 Å². The number of benzene rings is 1. The maximum Gasteiger partial charge on any atom is 0.309 e. The van der Waals surface area contributed by atoms with E-state index in [9.17, 15) is 19.7 Å². The summed E-state index contributed by atoms with van der Waals surface area (Å²) in [5.41, 5.74) is 5.75. The fraction of sp³-hybridized carbons (Fsp3) is 0.333. The molecule has 106 valence electrons. The number of hydrogen-bond acceptors (Lipinski definition) is 7. The molecule has 2 N–H and O–H groups in total. The van der Waals surface area contributed by atoms with Crippen molar-refractivity contribution < 1.29 is 24.0 Å². The van der Waals surface area contributed by atoms with Crippen molar-refractivity contribution in [3.05, 3.63) is 33.4 Å². The van der Waals surface area contributed by atoms with E-state index in [1.165, 1.54) is 19.1 Å². The van der Waals surface area contributed by atoms with E-state index in [-0.39, 0.29) is 35.3 Å². The maximum absolute atomic E-state index is 11.4. The Bertz CT molecular complexity index is 580. The van der Waals surface area contributed by atoms with Crippen molar-refractivity contribution in [2.24, 2.45) is 0 Å². The van der Waals surface area contributed by atoms with E-state index in [4.69, 9.17) is 15.2 Å². The number of cyclic esters (lactones) is 2. The van der Waals surface area contributed by atoms with E-state index in [1.54, 1.807) is 0 Å². The summed E-state index contributed by atoms with van der Waals surface area (Å²) in [5, 5.41) is 11.2. The second-order valence-corrected chi connectivity index (χ2v) is 4.29. The van der Waals surface area contributed by atoms with E-state index >= 15 is 0 Å². The minimum absolute atomic E-state index is 0.00898. The monoisotopic (exact) mass is 280 g/mol. The molecule has 1 saturated heterocycles. The molecule has 1 heterocycles. The predicted molar refractivity (Wildman–Crippen MR) is 66.4 cm³/mol. The number of carbonyl (C=O) groups excluding carboxylic acids is 2. The SMILES string of the molecule is Cc1c(N)ccc(C2OC(=O)CCC(=O)O2)c1[N+](=O)[O-]. The van der Waals surface area contributed by atoms with Gasteiger partial charge in [0.25, 0.3) is 12.0 Å². The van der Waals surface area contributed by atoms with Gasteiger partial charge in [-0.05, 0) is 19.1 Å². The predicted octanol–water partition coefficient (Wildman–Crippen LogP) is 1.36. The van der Waals surface area contributed by atoms with Gasteiger partial charge in [-0.1, -0.05) is 0 Å². The van der Waals surface area contributed by atoms with E-state index < -0.39 is 23.2 Å². The third-order valence-electron chi connectivity index (χ3n) is 2.95. The Hall–Kier alpha value is -2.64. The molecule has 0 saturated carbocycles. The quantitative estimate of drug-likeness (QED) is 0.375. The Morgan fingerprint density at radius 2 is 1.80 bits per heavy atom. The van der Waals surface area contributed by atoms with Crippen LogP contribution in [0.15, 0.2) is 12.1 Å². The molecule has 0 bridgehead atoms. The van der Waals surface area contributed by atoms with Crippen molar-refractivity contribution in [2.75, 3.05) is 5.73 Å². The van der Waals surface area contributed by atoms with Gasteiger partial charge in [0.15, 0.2) is 0 Å². The molecule has 0 radical (unpaired) electrons. The topological polar surface area (TPSA) is 122 Å². The van der Waals surface area contributed by atoms with Crippen LogP contribution in [0.2, 0.25) is 0 Å². The number of nitrogens with two attached hydrogens (primary N) is 1. The molecule has 1 aromatic rings. The van der Waals surface area contributed by atoms with Crippen LogP contribution < -0.4 is 5.73 Å². The van der Waals surface area contributed by atoms with Gasteiger partial charge in [0, 0.05) is 5.69 Å². The second-order valence-electron chi connectivity index (χ2n) is 4.29. The zero-order chi connectivity index (χ0) is 14.9. The summed E-state index contributed by atoms with van der Waals surface area (Å²) in [6.07, 6.45) is -1.65. The van der Waals surface area contributed by atoms with Crippen LogP contribution in [0.25, 0.3) is 0 Å². The molecule has 8 nitrogen and oxygen atoms in total. The lowest BCUT2D eigenvalue weighted by Gasteiger charge is -2.16. The maximum atomic E-state index is 11.4. The normalized spacial score (nSPS) is 16.2. The highest BCUT2D eigenvalue weighted by molar-refractivity contribution is 5.79. The summed E-state index contributed by atoms with van der Waals surface area (Å²) in [4.78, 5) is 33.3. The molecule has 0 spiro atoms. The lowest BCUT2D eigenvalue weighted by atomic mass is 10.1. The van der Waals surface area contributed by atoms with Gasteiger partial charge in [-0.2, -0.15) is 0 Å². The van der Waals surface area contributed by atoms with Crippen molar-refractivity contribution in [1.29, 1.82) is 0 Å². The lowest BCUT2D eigenvalue weighted by molar-refractivity contribution is -0.387. The van der Waals surface area contributed by atoms with Crippen LogP contribution in [-0.4, -0.2) is 16.9 Å². The largest absolute Gasteiger partial charge is 0.420 e. The Morgan fingerprint density at radius 3 is 2.30 bits per heavy atom.